The molecule has 1 saturated heterocycles. The van der Waals surface area contributed by atoms with Crippen molar-refractivity contribution < 1.29 is 14.3 Å². The summed E-state index contributed by atoms with van der Waals surface area (Å²) < 4.78 is 5.22. The third-order valence-electron chi connectivity index (χ3n) is 4.69. The Bertz CT molecular complexity index is 938. The molecule has 0 bridgehead atoms. The van der Waals surface area contributed by atoms with E-state index in [-0.39, 0.29) is 23.8 Å². The predicted molar refractivity (Wildman–Crippen MR) is 110 cm³/mol. The van der Waals surface area contributed by atoms with Gasteiger partial charge in [0, 0.05) is 44.9 Å². The zero-order valence-electron chi connectivity index (χ0n) is 16.5. The number of nitrogens with zero attached hydrogens (tertiary/aromatic N) is 3. The van der Waals surface area contributed by atoms with E-state index in [2.05, 4.69) is 9.97 Å². The first-order valence-corrected chi connectivity index (χ1v) is 10.3. The first kappa shape index (κ1) is 20.9. The number of nitrogens with one attached hydrogen (secondary N) is 1. The quantitative estimate of drug-likeness (QED) is 0.563. The highest BCUT2D eigenvalue weighted by Crippen LogP contribution is 2.21. The first-order valence-electron chi connectivity index (χ1n) is 9.34. The van der Waals surface area contributed by atoms with E-state index in [1.165, 1.54) is 24.8 Å². The number of hydrogen-bond donors (Lipinski definition) is 1. The van der Waals surface area contributed by atoms with E-state index in [0.29, 0.717) is 42.8 Å². The van der Waals surface area contributed by atoms with E-state index in [1.807, 2.05) is 24.3 Å². The molecule has 8 nitrogen and oxygen atoms in total. The molecule has 1 fully saturated rings. The Morgan fingerprint density at radius 3 is 2.59 bits per heavy atom. The van der Waals surface area contributed by atoms with Crippen molar-refractivity contribution in [3.8, 4) is 5.75 Å². The lowest BCUT2D eigenvalue weighted by molar-refractivity contribution is -0.138. The molecule has 154 valence electrons. The van der Waals surface area contributed by atoms with Gasteiger partial charge in [-0.25, -0.2) is 4.98 Å². The topological polar surface area (TPSA) is 95.6 Å². The van der Waals surface area contributed by atoms with E-state index >= 15 is 0 Å². The Kier molecular flexibility index (Phi) is 6.92. The molecule has 1 aromatic carbocycles. The highest BCUT2D eigenvalue weighted by atomic mass is 32.2. The van der Waals surface area contributed by atoms with Crippen LogP contribution in [-0.4, -0.2) is 64.9 Å². The highest BCUT2D eigenvalue weighted by molar-refractivity contribution is 7.98. The smallest absolute Gasteiger partial charge is 0.251 e. The molecule has 2 amide bonds. The summed E-state index contributed by atoms with van der Waals surface area (Å²) in [6.45, 7) is 3.59. The van der Waals surface area contributed by atoms with E-state index in [0.717, 1.165) is 11.3 Å². The molecule has 0 radical (unpaired) electrons. The van der Waals surface area contributed by atoms with Gasteiger partial charge in [0.2, 0.25) is 11.8 Å². The monoisotopic (exact) mass is 416 g/mol. The van der Waals surface area contributed by atoms with Crippen LogP contribution in [0.2, 0.25) is 0 Å². The third kappa shape index (κ3) is 5.83. The van der Waals surface area contributed by atoms with E-state index in [4.69, 9.17) is 4.74 Å². The molecule has 0 aliphatic carbocycles. The van der Waals surface area contributed by atoms with Gasteiger partial charge in [0.05, 0.1) is 19.2 Å². The number of methoxy groups -OCH3 is 1. The van der Waals surface area contributed by atoms with Gasteiger partial charge in [-0.15, -0.1) is 0 Å². The van der Waals surface area contributed by atoms with Crippen LogP contribution in [0.15, 0.2) is 40.3 Å². The van der Waals surface area contributed by atoms with Crippen molar-refractivity contribution >= 4 is 23.6 Å². The fourth-order valence-corrected chi connectivity index (χ4v) is 3.93. The number of benzene rings is 1. The summed E-state index contributed by atoms with van der Waals surface area (Å²) in [5, 5.41) is 0.476. The van der Waals surface area contributed by atoms with Gasteiger partial charge in [0.25, 0.3) is 5.56 Å². The van der Waals surface area contributed by atoms with E-state index in [1.54, 1.807) is 16.9 Å². The number of aromatic amines is 1. The van der Waals surface area contributed by atoms with Crippen LogP contribution in [0.1, 0.15) is 18.2 Å². The van der Waals surface area contributed by atoms with Gasteiger partial charge in [-0.2, -0.15) is 0 Å². The molecule has 0 atom stereocenters. The third-order valence-corrected chi connectivity index (χ3v) is 5.64. The number of thioether (sulfide) groups is 1. The minimum atomic E-state index is -0.280. The van der Waals surface area contributed by atoms with Crippen LogP contribution in [0, 0.1) is 0 Å². The number of piperazine rings is 1. The fourth-order valence-electron chi connectivity index (χ4n) is 3.09. The molecular weight excluding hydrogens is 392 g/mol. The first-order chi connectivity index (χ1) is 13.9. The average molecular weight is 417 g/mol. The van der Waals surface area contributed by atoms with Crippen LogP contribution < -0.4 is 10.3 Å². The predicted octanol–water partition coefficient (Wildman–Crippen LogP) is 1.30. The number of aromatic nitrogens is 2. The second-order valence-electron chi connectivity index (χ2n) is 6.75. The maximum Gasteiger partial charge on any atom is 0.251 e. The van der Waals surface area contributed by atoms with Gasteiger partial charge in [-0.3, -0.25) is 14.4 Å². The van der Waals surface area contributed by atoms with Crippen molar-refractivity contribution in [2.75, 3.05) is 33.3 Å². The largest absolute Gasteiger partial charge is 0.497 e. The second-order valence-corrected chi connectivity index (χ2v) is 7.71. The lowest BCUT2D eigenvalue weighted by Gasteiger charge is -2.34. The standard InChI is InChI=1S/C20H24N4O4S/c1-14(25)23-6-8-24(9-7-23)19(27)12-16-11-18(26)22-20(21-16)29-13-15-4-3-5-17(10-15)28-2/h3-5,10-11H,6-9,12-13H2,1-2H3,(H,21,22,26). The van der Waals surface area contributed by atoms with Gasteiger partial charge in [0.15, 0.2) is 5.16 Å². The molecule has 3 rings (SSSR count). The van der Waals surface area contributed by atoms with E-state index in [9.17, 15) is 14.4 Å². The Hall–Kier alpha value is -2.81. The Morgan fingerprint density at radius 2 is 1.90 bits per heavy atom. The van der Waals surface area contributed by atoms with Gasteiger partial charge < -0.3 is 19.5 Å². The molecule has 2 heterocycles. The van der Waals surface area contributed by atoms with Crippen LogP contribution in [0.3, 0.4) is 0 Å². The van der Waals surface area contributed by atoms with Crippen molar-refractivity contribution in [2.45, 2.75) is 24.3 Å². The van der Waals surface area contributed by atoms with Crippen molar-refractivity contribution in [1.29, 1.82) is 0 Å². The molecule has 1 aliphatic rings. The van der Waals surface area contributed by atoms with Crippen molar-refractivity contribution in [1.82, 2.24) is 19.8 Å². The molecular formula is C20H24N4O4S. The normalized spacial score (nSPS) is 14.0. The Balaban J connectivity index is 1.60. The fraction of sp³-hybridized carbons (Fsp3) is 0.400. The summed E-state index contributed by atoms with van der Waals surface area (Å²) in [4.78, 5) is 46.6. The molecule has 9 heteroatoms. The Labute approximate surface area is 173 Å². The van der Waals surface area contributed by atoms with Crippen molar-refractivity contribution in [3.63, 3.8) is 0 Å². The van der Waals surface area contributed by atoms with Gasteiger partial charge >= 0.3 is 0 Å². The SMILES string of the molecule is COc1cccc(CSc2nc(CC(=O)N3CCN(C(C)=O)CC3)cc(=O)[nH]2)c1. The second kappa shape index (κ2) is 9.60. The van der Waals surface area contributed by atoms with E-state index < -0.39 is 0 Å². The summed E-state index contributed by atoms with van der Waals surface area (Å²) >= 11 is 1.40. The molecule has 29 heavy (non-hydrogen) atoms. The number of carbonyl (C=O) groups is 2. The number of hydrogen-bond acceptors (Lipinski definition) is 6. The van der Waals surface area contributed by atoms with Gasteiger partial charge in [-0.05, 0) is 17.7 Å². The lowest BCUT2D eigenvalue weighted by Crippen LogP contribution is -2.50. The molecule has 1 aliphatic heterocycles. The maximum absolute atomic E-state index is 12.6. The van der Waals surface area contributed by atoms with Crippen LogP contribution in [0.25, 0.3) is 0 Å². The van der Waals surface area contributed by atoms with Crippen LogP contribution in [-0.2, 0) is 21.8 Å². The summed E-state index contributed by atoms with van der Waals surface area (Å²) in [6.07, 6.45) is 0.0662. The van der Waals surface area contributed by atoms with Crippen molar-refractivity contribution in [3.05, 3.63) is 51.9 Å². The van der Waals surface area contributed by atoms with Crippen LogP contribution in [0.5, 0.6) is 5.75 Å². The summed E-state index contributed by atoms with van der Waals surface area (Å²) in [6, 6.07) is 9.04. The highest BCUT2D eigenvalue weighted by Gasteiger charge is 2.22. The number of rotatable bonds is 6. The minimum Gasteiger partial charge on any atom is -0.497 e. The van der Waals surface area contributed by atoms with Gasteiger partial charge in [-0.1, -0.05) is 23.9 Å². The van der Waals surface area contributed by atoms with Crippen LogP contribution >= 0.6 is 11.8 Å². The lowest BCUT2D eigenvalue weighted by atomic mass is 10.2. The molecule has 2 aromatic rings. The summed E-state index contributed by atoms with van der Waals surface area (Å²) in [5.41, 5.74) is 1.21. The molecule has 0 spiro atoms. The Morgan fingerprint density at radius 1 is 1.17 bits per heavy atom. The van der Waals surface area contributed by atoms with Crippen LogP contribution in [0.4, 0.5) is 0 Å². The number of ether oxygens (including phenoxy) is 1. The number of amides is 2. The summed E-state index contributed by atoms with van der Waals surface area (Å²) in [7, 11) is 1.62. The summed E-state index contributed by atoms with van der Waals surface area (Å²) in [5.74, 6) is 1.32. The molecule has 0 saturated carbocycles. The number of carbonyl (C=O) groups excluding carboxylic acids is 2. The molecule has 1 aromatic heterocycles. The average Bonchev–Trinajstić information content (AvgIpc) is 2.72. The zero-order valence-corrected chi connectivity index (χ0v) is 17.3. The molecule has 1 N–H and O–H groups in total. The zero-order chi connectivity index (χ0) is 20.8. The maximum atomic E-state index is 12.6. The van der Waals surface area contributed by atoms with Gasteiger partial charge in [0.1, 0.15) is 5.75 Å². The molecule has 0 unspecified atom stereocenters. The number of H-pyrrole nitrogens is 1. The minimum absolute atomic E-state index is 0.0195. The van der Waals surface area contributed by atoms with Crippen molar-refractivity contribution in [2.24, 2.45) is 0 Å².